The third-order valence-corrected chi connectivity index (χ3v) is 12.0. The molecule has 0 heterocycles. The number of hydrogen-bond donors (Lipinski definition) is 0. The maximum Gasteiger partial charge on any atom is 0.306 e. The molecule has 0 aromatic rings. The van der Waals surface area contributed by atoms with Gasteiger partial charge in [-0.2, -0.15) is 0 Å². The lowest BCUT2D eigenvalue weighted by Gasteiger charge is -2.18. The molecule has 0 amide bonds. The van der Waals surface area contributed by atoms with Gasteiger partial charge in [0.05, 0.1) is 0 Å². The Morgan fingerprint density at radius 2 is 0.559 bits per heavy atom. The predicted molar refractivity (Wildman–Crippen MR) is 252 cm³/mol. The second-order valence-electron chi connectivity index (χ2n) is 18.6. The third-order valence-electron chi connectivity index (χ3n) is 12.0. The molecule has 0 fully saturated rings. The Hall–Kier alpha value is -1.59. The number of rotatable bonds is 48. The van der Waals surface area contributed by atoms with Crippen molar-refractivity contribution in [3.8, 4) is 0 Å². The van der Waals surface area contributed by atoms with Crippen LogP contribution in [0.3, 0.4) is 0 Å². The molecule has 0 aromatic carbocycles. The lowest BCUT2D eigenvalue weighted by molar-refractivity contribution is -0.167. The first-order valence-corrected chi connectivity index (χ1v) is 26.4. The highest BCUT2D eigenvalue weighted by molar-refractivity contribution is 5.71. The van der Waals surface area contributed by atoms with E-state index in [1.165, 1.54) is 193 Å². The molecule has 0 aliphatic heterocycles. The molecule has 0 spiro atoms. The molecule has 350 valence electrons. The molecule has 59 heavy (non-hydrogen) atoms. The van der Waals surface area contributed by atoms with Crippen molar-refractivity contribution < 1.29 is 28.6 Å². The van der Waals surface area contributed by atoms with Crippen molar-refractivity contribution in [3.63, 3.8) is 0 Å². The lowest BCUT2D eigenvalue weighted by Crippen LogP contribution is -2.30. The van der Waals surface area contributed by atoms with Gasteiger partial charge >= 0.3 is 17.9 Å². The summed E-state index contributed by atoms with van der Waals surface area (Å²) in [5, 5.41) is 0. The first-order chi connectivity index (χ1) is 28.9. The van der Waals surface area contributed by atoms with Crippen LogP contribution >= 0.6 is 0 Å². The van der Waals surface area contributed by atoms with Crippen molar-refractivity contribution in [2.24, 2.45) is 5.92 Å². The monoisotopic (exact) mass is 835 g/mol. The third kappa shape index (κ3) is 47.3. The van der Waals surface area contributed by atoms with Crippen molar-refractivity contribution in [1.29, 1.82) is 0 Å². The Balaban J connectivity index is 4.26. The zero-order chi connectivity index (χ0) is 43.1. The fourth-order valence-electron chi connectivity index (χ4n) is 8.04. The van der Waals surface area contributed by atoms with Crippen molar-refractivity contribution in [2.45, 2.75) is 303 Å². The normalized spacial score (nSPS) is 11.9. The minimum atomic E-state index is -0.760. The molecule has 6 nitrogen and oxygen atoms in total. The van der Waals surface area contributed by atoms with Gasteiger partial charge in [-0.1, -0.05) is 259 Å². The van der Waals surface area contributed by atoms with Crippen LogP contribution < -0.4 is 0 Å². The summed E-state index contributed by atoms with van der Waals surface area (Å²) in [5.74, 6) is -0.0268. The van der Waals surface area contributed by atoms with Gasteiger partial charge in [-0.25, -0.2) is 0 Å². The van der Waals surface area contributed by atoms with E-state index < -0.39 is 6.10 Å². The Labute approximate surface area is 368 Å². The Morgan fingerprint density at radius 1 is 0.322 bits per heavy atom. The van der Waals surface area contributed by atoms with Gasteiger partial charge in [-0.3, -0.25) is 14.4 Å². The van der Waals surface area contributed by atoms with Crippen LogP contribution in [0, 0.1) is 5.92 Å². The van der Waals surface area contributed by atoms with E-state index in [-0.39, 0.29) is 31.1 Å². The second kappa shape index (κ2) is 47.5. The zero-order valence-electron chi connectivity index (χ0n) is 40.2. The van der Waals surface area contributed by atoms with Crippen molar-refractivity contribution >= 4 is 17.9 Å². The van der Waals surface area contributed by atoms with E-state index in [2.05, 4.69) is 27.7 Å². The fourth-order valence-corrected chi connectivity index (χ4v) is 8.04. The van der Waals surface area contributed by atoms with E-state index in [1.54, 1.807) is 0 Å². The summed E-state index contributed by atoms with van der Waals surface area (Å²) in [6.45, 7) is 9.01. The molecule has 0 unspecified atom stereocenters. The lowest BCUT2D eigenvalue weighted by atomic mass is 10.0. The molecule has 0 radical (unpaired) electrons. The molecule has 0 bridgehead atoms. The molecule has 0 aliphatic carbocycles. The average Bonchev–Trinajstić information content (AvgIpc) is 3.22. The summed E-state index contributed by atoms with van der Waals surface area (Å²) in [5.41, 5.74) is 0. The van der Waals surface area contributed by atoms with Crippen LogP contribution in [0.5, 0.6) is 0 Å². The molecule has 1 atom stereocenters. The van der Waals surface area contributed by atoms with Gasteiger partial charge < -0.3 is 14.2 Å². The van der Waals surface area contributed by atoms with Crippen molar-refractivity contribution in [3.05, 3.63) is 0 Å². The highest BCUT2D eigenvalue weighted by Crippen LogP contribution is 2.17. The van der Waals surface area contributed by atoms with Crippen LogP contribution in [-0.2, 0) is 28.6 Å². The van der Waals surface area contributed by atoms with E-state index in [0.717, 1.165) is 63.7 Å². The van der Waals surface area contributed by atoms with Gasteiger partial charge in [0.15, 0.2) is 6.10 Å². The van der Waals surface area contributed by atoms with E-state index in [1.807, 2.05) is 0 Å². The fraction of sp³-hybridized carbons (Fsp3) is 0.943. The summed E-state index contributed by atoms with van der Waals surface area (Å²) >= 11 is 0. The van der Waals surface area contributed by atoms with Gasteiger partial charge in [0, 0.05) is 19.3 Å². The minimum Gasteiger partial charge on any atom is -0.462 e. The van der Waals surface area contributed by atoms with Gasteiger partial charge in [-0.05, 0) is 25.2 Å². The Kier molecular flexibility index (Phi) is 46.2. The highest BCUT2D eigenvalue weighted by Gasteiger charge is 2.19. The standard InChI is InChI=1S/C53H102O6/c1-5-7-9-11-13-15-17-18-19-20-21-22-23-24-30-34-38-42-46-53(56)59-50(47-57-51(54)44-40-36-32-28-16-14-12-10-8-6-2)48-58-52(55)45-41-37-33-29-26-25-27-31-35-39-43-49(3)4/h49-50H,5-48H2,1-4H3/t50-/m1/s1. The van der Waals surface area contributed by atoms with E-state index in [4.69, 9.17) is 14.2 Å². The number of unbranched alkanes of at least 4 members (excludes halogenated alkanes) is 35. The summed E-state index contributed by atoms with van der Waals surface area (Å²) in [6, 6.07) is 0. The van der Waals surface area contributed by atoms with Crippen molar-refractivity contribution in [2.75, 3.05) is 13.2 Å². The summed E-state index contributed by atoms with van der Waals surface area (Å²) in [4.78, 5) is 37.9. The number of carbonyl (C=O) groups excluding carboxylic acids is 3. The maximum absolute atomic E-state index is 12.8. The van der Waals surface area contributed by atoms with Gasteiger partial charge in [0.2, 0.25) is 0 Å². The topological polar surface area (TPSA) is 78.9 Å². The van der Waals surface area contributed by atoms with E-state index in [0.29, 0.717) is 19.3 Å². The molecule has 0 saturated carbocycles. The largest absolute Gasteiger partial charge is 0.462 e. The highest BCUT2D eigenvalue weighted by atomic mass is 16.6. The number of carbonyl (C=O) groups is 3. The van der Waals surface area contributed by atoms with Crippen molar-refractivity contribution in [1.82, 2.24) is 0 Å². The van der Waals surface area contributed by atoms with E-state index >= 15 is 0 Å². The summed E-state index contributed by atoms with van der Waals surface area (Å²) in [6.07, 6.45) is 49.5. The molecule has 0 aliphatic rings. The van der Waals surface area contributed by atoms with Crippen LogP contribution in [-0.4, -0.2) is 37.2 Å². The average molecular weight is 835 g/mol. The Morgan fingerprint density at radius 3 is 0.831 bits per heavy atom. The quantitative estimate of drug-likeness (QED) is 0.0345. The number of hydrogen-bond acceptors (Lipinski definition) is 6. The summed E-state index contributed by atoms with van der Waals surface area (Å²) in [7, 11) is 0. The van der Waals surface area contributed by atoms with Crippen LogP contribution in [0.25, 0.3) is 0 Å². The second-order valence-corrected chi connectivity index (χ2v) is 18.6. The van der Waals surface area contributed by atoms with Crippen LogP contribution in [0.4, 0.5) is 0 Å². The molecule has 0 aromatic heterocycles. The molecule has 0 N–H and O–H groups in total. The van der Waals surface area contributed by atoms with Crippen LogP contribution in [0.1, 0.15) is 297 Å². The Bertz CT molecular complexity index is 887. The minimum absolute atomic E-state index is 0.0630. The van der Waals surface area contributed by atoms with Crippen LogP contribution in [0.2, 0.25) is 0 Å². The smallest absolute Gasteiger partial charge is 0.306 e. The molecular weight excluding hydrogens is 733 g/mol. The molecular formula is C53H102O6. The molecule has 0 saturated heterocycles. The van der Waals surface area contributed by atoms with E-state index in [9.17, 15) is 14.4 Å². The van der Waals surface area contributed by atoms with Crippen LogP contribution in [0.15, 0.2) is 0 Å². The SMILES string of the molecule is CCCCCCCCCCCCCCCCCCCCC(=O)O[C@H](COC(=O)CCCCCCCCCCCC)COC(=O)CCCCCCCCCCCCC(C)C. The van der Waals surface area contributed by atoms with Gasteiger partial charge in [0.1, 0.15) is 13.2 Å². The zero-order valence-corrected chi connectivity index (χ0v) is 40.2. The first-order valence-electron chi connectivity index (χ1n) is 26.4. The van der Waals surface area contributed by atoms with Gasteiger partial charge in [0.25, 0.3) is 0 Å². The number of ether oxygens (including phenoxy) is 3. The molecule has 6 heteroatoms. The summed E-state index contributed by atoms with van der Waals surface area (Å²) < 4.78 is 16.8. The molecule has 0 rings (SSSR count). The maximum atomic E-state index is 12.8. The van der Waals surface area contributed by atoms with Gasteiger partial charge in [-0.15, -0.1) is 0 Å². The first kappa shape index (κ1) is 57.4. The number of esters is 3. The predicted octanol–water partition coefficient (Wildman–Crippen LogP) is 17.1.